The largest absolute Gasteiger partial charge is 0.461 e. The molecule has 0 amide bonds. The first-order chi connectivity index (χ1) is 8.27. The SMILES string of the molecule is CCOC(=O)c1csc(C[NH2+]CCCOC)n1. The number of esters is 1. The summed E-state index contributed by atoms with van der Waals surface area (Å²) in [6.45, 7) is 4.75. The van der Waals surface area contributed by atoms with E-state index in [1.54, 1.807) is 19.4 Å². The minimum atomic E-state index is -0.339. The molecule has 1 heterocycles. The van der Waals surface area contributed by atoms with Crippen LogP contribution in [-0.2, 0) is 16.0 Å². The van der Waals surface area contributed by atoms with Crippen LogP contribution in [0.5, 0.6) is 0 Å². The summed E-state index contributed by atoms with van der Waals surface area (Å²) in [7, 11) is 1.70. The molecule has 1 aromatic rings. The Kier molecular flexibility index (Phi) is 6.76. The van der Waals surface area contributed by atoms with Crippen molar-refractivity contribution in [2.24, 2.45) is 0 Å². The Morgan fingerprint density at radius 3 is 3.12 bits per heavy atom. The molecule has 0 aliphatic carbocycles. The third-order valence-corrected chi connectivity index (χ3v) is 2.98. The summed E-state index contributed by atoms with van der Waals surface area (Å²) in [5.41, 5.74) is 0.414. The molecule has 1 aromatic heterocycles. The minimum absolute atomic E-state index is 0.339. The second kappa shape index (κ2) is 8.16. The molecule has 2 N–H and O–H groups in total. The van der Waals surface area contributed by atoms with Gasteiger partial charge in [-0.2, -0.15) is 0 Å². The van der Waals surface area contributed by atoms with E-state index in [1.165, 1.54) is 11.3 Å². The Balaban J connectivity index is 2.28. The number of aromatic nitrogens is 1. The third-order valence-electron chi connectivity index (χ3n) is 2.11. The van der Waals surface area contributed by atoms with Crippen LogP contribution in [0.1, 0.15) is 28.8 Å². The maximum atomic E-state index is 11.4. The summed E-state index contributed by atoms with van der Waals surface area (Å²) in [5, 5.41) is 4.86. The molecule has 0 bridgehead atoms. The molecule has 0 fully saturated rings. The number of hydrogen-bond donors (Lipinski definition) is 1. The second-order valence-electron chi connectivity index (χ2n) is 3.47. The highest BCUT2D eigenvalue weighted by molar-refractivity contribution is 7.09. The molecular weight excluding hydrogens is 240 g/mol. The highest BCUT2D eigenvalue weighted by Crippen LogP contribution is 2.09. The van der Waals surface area contributed by atoms with Gasteiger partial charge in [0.05, 0.1) is 19.8 Å². The van der Waals surface area contributed by atoms with Crippen molar-refractivity contribution in [3.63, 3.8) is 0 Å². The Morgan fingerprint density at radius 1 is 1.59 bits per heavy atom. The quantitative estimate of drug-likeness (QED) is 0.543. The summed E-state index contributed by atoms with van der Waals surface area (Å²) >= 11 is 1.49. The van der Waals surface area contributed by atoms with Crippen LogP contribution in [0.2, 0.25) is 0 Å². The highest BCUT2D eigenvalue weighted by atomic mass is 32.1. The average Bonchev–Trinajstić information content (AvgIpc) is 2.78. The number of nitrogens with two attached hydrogens (primary N) is 1. The van der Waals surface area contributed by atoms with E-state index in [9.17, 15) is 4.79 Å². The predicted octanol–water partition coefficient (Wildman–Crippen LogP) is 0.420. The van der Waals surface area contributed by atoms with Crippen LogP contribution in [0.15, 0.2) is 5.38 Å². The smallest absolute Gasteiger partial charge is 0.357 e. The number of methoxy groups -OCH3 is 1. The Labute approximate surface area is 105 Å². The number of nitrogens with zero attached hydrogens (tertiary/aromatic N) is 1. The normalized spacial score (nSPS) is 10.5. The van der Waals surface area contributed by atoms with Gasteiger partial charge in [0.2, 0.25) is 0 Å². The van der Waals surface area contributed by atoms with Gasteiger partial charge in [-0.25, -0.2) is 9.78 Å². The maximum absolute atomic E-state index is 11.4. The van der Waals surface area contributed by atoms with E-state index in [1.807, 2.05) is 0 Å². The molecule has 1 rings (SSSR count). The van der Waals surface area contributed by atoms with Gasteiger partial charge in [0.15, 0.2) is 5.69 Å². The summed E-state index contributed by atoms with van der Waals surface area (Å²) in [6.07, 6.45) is 1.02. The van der Waals surface area contributed by atoms with Crippen LogP contribution in [-0.4, -0.2) is 37.8 Å². The van der Waals surface area contributed by atoms with E-state index in [2.05, 4.69) is 10.3 Å². The molecule has 0 saturated carbocycles. The zero-order valence-corrected chi connectivity index (χ0v) is 11.1. The summed E-state index contributed by atoms with van der Waals surface area (Å²) < 4.78 is 9.84. The third kappa shape index (κ3) is 5.25. The van der Waals surface area contributed by atoms with Crippen molar-refractivity contribution < 1.29 is 19.6 Å². The summed E-state index contributed by atoms with van der Waals surface area (Å²) in [5.74, 6) is -0.339. The molecule has 5 nitrogen and oxygen atoms in total. The van der Waals surface area contributed by atoms with Crippen LogP contribution < -0.4 is 5.32 Å². The molecule has 0 aromatic carbocycles. The lowest BCUT2D eigenvalue weighted by atomic mass is 10.4. The van der Waals surface area contributed by atoms with Gasteiger partial charge in [-0.15, -0.1) is 11.3 Å². The molecule has 6 heteroatoms. The first-order valence-electron chi connectivity index (χ1n) is 5.70. The van der Waals surface area contributed by atoms with E-state index in [0.717, 1.165) is 31.1 Å². The van der Waals surface area contributed by atoms with Crippen molar-refractivity contribution in [2.75, 3.05) is 26.9 Å². The molecule has 0 atom stereocenters. The zero-order valence-electron chi connectivity index (χ0n) is 10.3. The van der Waals surface area contributed by atoms with Gasteiger partial charge in [0.1, 0.15) is 11.6 Å². The van der Waals surface area contributed by atoms with Crippen molar-refractivity contribution in [2.45, 2.75) is 19.9 Å². The Bertz CT molecular complexity index is 341. The predicted molar refractivity (Wildman–Crippen MR) is 65.1 cm³/mol. The lowest BCUT2D eigenvalue weighted by Gasteiger charge is -1.98. The Hall–Kier alpha value is -0.980. The van der Waals surface area contributed by atoms with E-state index in [0.29, 0.717) is 12.3 Å². The lowest BCUT2D eigenvalue weighted by Crippen LogP contribution is -2.82. The average molecular weight is 259 g/mol. The van der Waals surface area contributed by atoms with E-state index in [-0.39, 0.29) is 5.97 Å². The van der Waals surface area contributed by atoms with E-state index < -0.39 is 0 Å². The van der Waals surface area contributed by atoms with Crippen molar-refractivity contribution >= 4 is 17.3 Å². The summed E-state index contributed by atoms with van der Waals surface area (Å²) in [4.78, 5) is 15.6. The lowest BCUT2D eigenvalue weighted by molar-refractivity contribution is -0.671. The number of quaternary nitrogens is 1. The van der Waals surface area contributed by atoms with Crippen molar-refractivity contribution in [1.29, 1.82) is 0 Å². The molecule has 0 saturated heterocycles. The molecular formula is C11H19N2O3S+. The highest BCUT2D eigenvalue weighted by Gasteiger charge is 2.11. The molecule has 17 heavy (non-hydrogen) atoms. The first-order valence-corrected chi connectivity index (χ1v) is 6.58. The van der Waals surface area contributed by atoms with Gasteiger partial charge < -0.3 is 14.8 Å². The van der Waals surface area contributed by atoms with Crippen molar-refractivity contribution in [3.05, 3.63) is 16.1 Å². The molecule has 0 radical (unpaired) electrons. The molecule has 0 aliphatic rings. The monoisotopic (exact) mass is 259 g/mol. The van der Waals surface area contributed by atoms with Gasteiger partial charge in [-0.05, 0) is 6.92 Å². The standard InChI is InChI=1S/C11H18N2O3S/c1-3-16-11(14)9-8-17-10(13-9)7-12-5-4-6-15-2/h8,12H,3-7H2,1-2H3/p+1. The number of thiazole rings is 1. The van der Waals surface area contributed by atoms with Crippen molar-refractivity contribution in [1.82, 2.24) is 4.98 Å². The molecule has 0 aliphatic heterocycles. The maximum Gasteiger partial charge on any atom is 0.357 e. The van der Waals surface area contributed by atoms with Crippen LogP contribution >= 0.6 is 11.3 Å². The van der Waals surface area contributed by atoms with Gasteiger partial charge in [-0.1, -0.05) is 0 Å². The summed E-state index contributed by atoms with van der Waals surface area (Å²) in [6, 6.07) is 0. The van der Waals surface area contributed by atoms with Gasteiger partial charge in [-0.3, -0.25) is 0 Å². The molecule has 96 valence electrons. The Morgan fingerprint density at radius 2 is 2.41 bits per heavy atom. The molecule has 0 spiro atoms. The topological polar surface area (TPSA) is 65.0 Å². The fourth-order valence-electron chi connectivity index (χ4n) is 1.30. The second-order valence-corrected chi connectivity index (χ2v) is 4.42. The van der Waals surface area contributed by atoms with Crippen LogP contribution in [0.3, 0.4) is 0 Å². The zero-order chi connectivity index (χ0) is 12.5. The first kappa shape index (κ1) is 14.1. The minimum Gasteiger partial charge on any atom is -0.461 e. The van der Waals surface area contributed by atoms with Gasteiger partial charge in [0.25, 0.3) is 0 Å². The van der Waals surface area contributed by atoms with Crippen LogP contribution in [0.25, 0.3) is 0 Å². The number of carbonyl (C=O) groups excluding carboxylic acids is 1. The van der Waals surface area contributed by atoms with Crippen LogP contribution in [0, 0.1) is 0 Å². The van der Waals surface area contributed by atoms with Crippen LogP contribution in [0.4, 0.5) is 0 Å². The van der Waals surface area contributed by atoms with Gasteiger partial charge >= 0.3 is 5.97 Å². The number of carbonyl (C=O) groups is 1. The number of hydrogen-bond acceptors (Lipinski definition) is 5. The molecule has 0 unspecified atom stereocenters. The fraction of sp³-hybridized carbons (Fsp3) is 0.636. The fourth-order valence-corrected chi connectivity index (χ4v) is 2.06. The van der Waals surface area contributed by atoms with E-state index >= 15 is 0 Å². The number of ether oxygens (including phenoxy) is 2. The van der Waals surface area contributed by atoms with E-state index in [4.69, 9.17) is 9.47 Å². The number of rotatable bonds is 8. The van der Waals surface area contributed by atoms with Crippen molar-refractivity contribution in [3.8, 4) is 0 Å². The van der Waals surface area contributed by atoms with Gasteiger partial charge in [0, 0.05) is 18.9 Å².